The van der Waals surface area contributed by atoms with Crippen LogP contribution in [0.1, 0.15) is 30.5 Å². The molecule has 4 nitrogen and oxygen atoms in total. The normalized spacial score (nSPS) is 11.7. The van der Waals surface area contributed by atoms with Crippen molar-refractivity contribution in [3.8, 4) is 11.5 Å². The number of benzene rings is 2. The lowest BCUT2D eigenvalue weighted by molar-refractivity contribution is -0.127. The maximum Gasteiger partial charge on any atom is 0.261 e. The monoisotopic (exact) mass is 327 g/mol. The van der Waals surface area contributed by atoms with Crippen LogP contribution in [0.2, 0.25) is 0 Å². The molecule has 0 heterocycles. The third-order valence-electron chi connectivity index (χ3n) is 3.73. The van der Waals surface area contributed by atoms with E-state index in [-0.39, 0.29) is 5.91 Å². The first-order valence-electron chi connectivity index (χ1n) is 8.23. The summed E-state index contributed by atoms with van der Waals surface area (Å²) in [5.74, 6) is 1.38. The van der Waals surface area contributed by atoms with Crippen molar-refractivity contribution in [2.45, 2.75) is 40.3 Å². The zero-order valence-corrected chi connectivity index (χ0v) is 14.8. The van der Waals surface area contributed by atoms with Gasteiger partial charge in [0, 0.05) is 12.1 Å². The number of nitrogens with one attached hydrogen (secondary N) is 1. The Kier molecular flexibility index (Phi) is 6.24. The van der Waals surface area contributed by atoms with Crippen molar-refractivity contribution in [3.63, 3.8) is 0 Å². The van der Waals surface area contributed by atoms with Gasteiger partial charge in [-0.05, 0) is 45.4 Å². The SMILES string of the molecule is CCOc1ccccc1CNC(=O)[C@@H](C)Oc1ccc(C)cc1C. The summed E-state index contributed by atoms with van der Waals surface area (Å²) < 4.78 is 11.4. The molecule has 0 aliphatic rings. The zero-order chi connectivity index (χ0) is 17.5. The summed E-state index contributed by atoms with van der Waals surface area (Å²) >= 11 is 0. The summed E-state index contributed by atoms with van der Waals surface area (Å²) in [6.45, 7) is 8.71. The molecule has 2 aromatic rings. The molecule has 2 rings (SSSR count). The van der Waals surface area contributed by atoms with Crippen molar-refractivity contribution in [1.29, 1.82) is 0 Å². The Bertz CT molecular complexity index is 697. The van der Waals surface area contributed by atoms with Gasteiger partial charge in [0.2, 0.25) is 0 Å². The van der Waals surface area contributed by atoms with Gasteiger partial charge in [-0.2, -0.15) is 0 Å². The number of aryl methyl sites for hydroxylation is 2. The van der Waals surface area contributed by atoms with Gasteiger partial charge in [-0.3, -0.25) is 4.79 Å². The molecule has 0 bridgehead atoms. The van der Waals surface area contributed by atoms with Gasteiger partial charge in [0.15, 0.2) is 6.10 Å². The van der Waals surface area contributed by atoms with Crippen molar-refractivity contribution < 1.29 is 14.3 Å². The van der Waals surface area contributed by atoms with Crippen LogP contribution in [-0.2, 0) is 11.3 Å². The highest BCUT2D eigenvalue weighted by Gasteiger charge is 2.16. The molecule has 0 saturated carbocycles. The molecule has 4 heteroatoms. The summed E-state index contributed by atoms with van der Waals surface area (Å²) in [5.41, 5.74) is 3.15. The van der Waals surface area contributed by atoms with Crippen LogP contribution in [0.25, 0.3) is 0 Å². The Labute approximate surface area is 143 Å². The number of rotatable bonds is 7. The van der Waals surface area contributed by atoms with Gasteiger partial charge in [-0.15, -0.1) is 0 Å². The highest BCUT2D eigenvalue weighted by Crippen LogP contribution is 2.20. The van der Waals surface area contributed by atoms with Crippen LogP contribution in [0, 0.1) is 13.8 Å². The number of ether oxygens (including phenoxy) is 2. The van der Waals surface area contributed by atoms with Gasteiger partial charge in [0.25, 0.3) is 5.91 Å². The molecule has 0 aliphatic carbocycles. The van der Waals surface area contributed by atoms with Gasteiger partial charge in [0.1, 0.15) is 11.5 Å². The maximum absolute atomic E-state index is 12.3. The predicted molar refractivity (Wildman–Crippen MR) is 95.5 cm³/mol. The minimum Gasteiger partial charge on any atom is -0.494 e. The van der Waals surface area contributed by atoms with E-state index < -0.39 is 6.10 Å². The Morgan fingerprint density at radius 2 is 1.88 bits per heavy atom. The molecule has 1 atom stereocenters. The second-order valence-electron chi connectivity index (χ2n) is 5.79. The first kappa shape index (κ1) is 17.9. The molecule has 2 aromatic carbocycles. The van der Waals surface area contributed by atoms with Crippen LogP contribution in [0.15, 0.2) is 42.5 Å². The van der Waals surface area contributed by atoms with Crippen molar-refractivity contribution >= 4 is 5.91 Å². The number of hydrogen-bond acceptors (Lipinski definition) is 3. The molecule has 0 spiro atoms. The smallest absolute Gasteiger partial charge is 0.261 e. The first-order valence-corrected chi connectivity index (χ1v) is 8.23. The molecule has 0 saturated heterocycles. The Morgan fingerprint density at radius 1 is 1.12 bits per heavy atom. The third-order valence-corrected chi connectivity index (χ3v) is 3.73. The Hall–Kier alpha value is -2.49. The number of carbonyl (C=O) groups is 1. The number of para-hydroxylation sites is 1. The van der Waals surface area contributed by atoms with Crippen LogP contribution < -0.4 is 14.8 Å². The lowest BCUT2D eigenvalue weighted by Gasteiger charge is -2.17. The number of carbonyl (C=O) groups excluding carboxylic acids is 1. The van der Waals surface area contributed by atoms with Crippen LogP contribution in [0.4, 0.5) is 0 Å². The highest BCUT2D eigenvalue weighted by atomic mass is 16.5. The van der Waals surface area contributed by atoms with Crippen LogP contribution in [0.3, 0.4) is 0 Å². The van der Waals surface area contributed by atoms with Crippen molar-refractivity contribution in [2.24, 2.45) is 0 Å². The van der Waals surface area contributed by atoms with Gasteiger partial charge >= 0.3 is 0 Å². The summed E-state index contributed by atoms with van der Waals surface area (Å²) in [6, 6.07) is 13.6. The molecular weight excluding hydrogens is 302 g/mol. The van der Waals surface area contributed by atoms with E-state index in [9.17, 15) is 4.79 Å². The van der Waals surface area contributed by atoms with Crippen LogP contribution in [0.5, 0.6) is 11.5 Å². The molecular formula is C20H25NO3. The molecule has 24 heavy (non-hydrogen) atoms. The molecule has 128 valence electrons. The third kappa shape index (κ3) is 4.75. The van der Waals surface area contributed by atoms with Crippen molar-refractivity contribution in [1.82, 2.24) is 5.32 Å². The van der Waals surface area contributed by atoms with E-state index in [2.05, 4.69) is 5.32 Å². The van der Waals surface area contributed by atoms with E-state index in [1.165, 1.54) is 5.56 Å². The second-order valence-corrected chi connectivity index (χ2v) is 5.79. The van der Waals surface area contributed by atoms with Gasteiger partial charge < -0.3 is 14.8 Å². The summed E-state index contributed by atoms with van der Waals surface area (Å²) in [7, 11) is 0. The number of hydrogen-bond donors (Lipinski definition) is 1. The quantitative estimate of drug-likeness (QED) is 0.842. The van der Waals surface area contributed by atoms with E-state index >= 15 is 0 Å². The first-order chi connectivity index (χ1) is 11.5. The summed E-state index contributed by atoms with van der Waals surface area (Å²) in [5, 5.41) is 2.90. The maximum atomic E-state index is 12.3. The highest BCUT2D eigenvalue weighted by molar-refractivity contribution is 5.80. The molecule has 0 unspecified atom stereocenters. The largest absolute Gasteiger partial charge is 0.494 e. The standard InChI is InChI=1S/C20H25NO3/c1-5-23-19-9-7-6-8-17(19)13-21-20(22)16(4)24-18-11-10-14(2)12-15(18)3/h6-12,16H,5,13H2,1-4H3,(H,21,22)/t16-/m1/s1. The lowest BCUT2D eigenvalue weighted by atomic mass is 10.1. The molecule has 0 radical (unpaired) electrons. The van der Waals surface area contributed by atoms with Crippen molar-refractivity contribution in [3.05, 3.63) is 59.2 Å². The summed E-state index contributed by atoms with van der Waals surface area (Å²) in [6.07, 6.45) is -0.564. The second kappa shape index (κ2) is 8.39. The zero-order valence-electron chi connectivity index (χ0n) is 14.8. The van der Waals surface area contributed by atoms with Crippen LogP contribution >= 0.6 is 0 Å². The van der Waals surface area contributed by atoms with E-state index in [0.29, 0.717) is 13.2 Å². The fraction of sp³-hybridized carbons (Fsp3) is 0.350. The fourth-order valence-electron chi connectivity index (χ4n) is 2.45. The topological polar surface area (TPSA) is 47.6 Å². The predicted octanol–water partition coefficient (Wildman–Crippen LogP) is 3.79. The molecule has 1 N–H and O–H groups in total. The van der Waals surface area contributed by atoms with Gasteiger partial charge in [-0.25, -0.2) is 0 Å². The van der Waals surface area contributed by atoms with E-state index in [0.717, 1.165) is 22.6 Å². The Morgan fingerprint density at radius 3 is 2.58 bits per heavy atom. The number of amides is 1. The van der Waals surface area contributed by atoms with E-state index in [1.807, 2.05) is 63.2 Å². The average Bonchev–Trinajstić information content (AvgIpc) is 2.56. The average molecular weight is 327 g/mol. The minimum atomic E-state index is -0.564. The molecule has 1 amide bonds. The van der Waals surface area contributed by atoms with E-state index in [4.69, 9.17) is 9.47 Å². The van der Waals surface area contributed by atoms with Gasteiger partial charge in [0.05, 0.1) is 6.61 Å². The minimum absolute atomic E-state index is 0.152. The summed E-state index contributed by atoms with van der Waals surface area (Å²) in [4.78, 5) is 12.3. The van der Waals surface area contributed by atoms with E-state index in [1.54, 1.807) is 6.92 Å². The lowest BCUT2D eigenvalue weighted by Crippen LogP contribution is -2.36. The van der Waals surface area contributed by atoms with Crippen molar-refractivity contribution in [2.75, 3.05) is 6.61 Å². The molecule has 0 fully saturated rings. The van der Waals surface area contributed by atoms with Crippen LogP contribution in [-0.4, -0.2) is 18.6 Å². The fourth-order valence-corrected chi connectivity index (χ4v) is 2.45. The van der Waals surface area contributed by atoms with Gasteiger partial charge in [-0.1, -0.05) is 35.9 Å². The Balaban J connectivity index is 1.94. The molecule has 0 aromatic heterocycles. The molecule has 0 aliphatic heterocycles.